The van der Waals surface area contributed by atoms with Gasteiger partial charge in [0.25, 0.3) is 0 Å². The summed E-state index contributed by atoms with van der Waals surface area (Å²) in [5.41, 5.74) is 1.59. The van der Waals surface area contributed by atoms with Crippen molar-refractivity contribution in [3.8, 4) is 0 Å². The van der Waals surface area contributed by atoms with Crippen LogP contribution in [0.4, 0.5) is 0 Å². The molecule has 2 nitrogen and oxygen atoms in total. The summed E-state index contributed by atoms with van der Waals surface area (Å²) in [4.78, 5) is 4.26. The number of hydrogen-bond acceptors (Lipinski definition) is 3. The van der Waals surface area contributed by atoms with Crippen LogP contribution in [0.3, 0.4) is 0 Å². The number of likely N-dealkylation sites (tertiary alicyclic amines) is 1. The van der Waals surface area contributed by atoms with Crippen LogP contribution in [-0.4, -0.2) is 42.9 Å². The van der Waals surface area contributed by atoms with Gasteiger partial charge in [-0.3, -0.25) is 4.90 Å². The van der Waals surface area contributed by atoms with Crippen LogP contribution >= 0.6 is 11.8 Å². The number of likely N-dealkylation sites (N-methyl/N-ethyl adjacent to an activating group) is 1. The van der Waals surface area contributed by atoms with Gasteiger partial charge in [-0.2, -0.15) is 0 Å². The van der Waals surface area contributed by atoms with E-state index in [2.05, 4.69) is 41.4 Å². The molecule has 3 rings (SSSR count). The fourth-order valence-electron chi connectivity index (χ4n) is 3.51. The van der Waals surface area contributed by atoms with Crippen LogP contribution in [0.1, 0.15) is 37.7 Å². The molecule has 2 unspecified atom stereocenters. The summed E-state index contributed by atoms with van der Waals surface area (Å²) in [5, 5.41) is 3.55. The largest absolute Gasteiger partial charge is 0.315 e. The first kappa shape index (κ1) is 14.4. The summed E-state index contributed by atoms with van der Waals surface area (Å²) in [6.45, 7) is 7.00. The van der Waals surface area contributed by atoms with E-state index in [1.54, 1.807) is 5.56 Å². The third kappa shape index (κ3) is 3.21. The molecule has 1 saturated heterocycles. The van der Waals surface area contributed by atoms with Crippen LogP contribution < -0.4 is 5.32 Å². The van der Waals surface area contributed by atoms with E-state index in [1.165, 1.54) is 43.0 Å². The van der Waals surface area contributed by atoms with Crippen molar-refractivity contribution < 1.29 is 0 Å². The van der Waals surface area contributed by atoms with Gasteiger partial charge in [-0.1, -0.05) is 31.5 Å². The van der Waals surface area contributed by atoms with Gasteiger partial charge in [-0.15, -0.1) is 11.8 Å². The summed E-state index contributed by atoms with van der Waals surface area (Å²) in [5.74, 6) is 2.00. The molecule has 110 valence electrons. The minimum atomic E-state index is 0.735. The molecule has 2 aliphatic heterocycles. The second-order valence-electron chi connectivity index (χ2n) is 6.00. The molecule has 0 aliphatic carbocycles. The predicted molar refractivity (Wildman–Crippen MR) is 87.7 cm³/mol. The minimum absolute atomic E-state index is 0.735. The van der Waals surface area contributed by atoms with Crippen molar-refractivity contribution in [3.63, 3.8) is 0 Å². The first-order valence-electron chi connectivity index (χ1n) is 8.05. The van der Waals surface area contributed by atoms with Crippen molar-refractivity contribution >= 4 is 11.8 Å². The van der Waals surface area contributed by atoms with Gasteiger partial charge in [-0.25, -0.2) is 0 Å². The number of fused-ring (bicyclic) bond motifs is 1. The lowest BCUT2D eigenvalue weighted by Crippen LogP contribution is -2.47. The Labute approximate surface area is 127 Å². The van der Waals surface area contributed by atoms with Gasteiger partial charge in [0.1, 0.15) is 0 Å². The van der Waals surface area contributed by atoms with Crippen molar-refractivity contribution in [1.29, 1.82) is 0 Å². The molecule has 2 atom stereocenters. The van der Waals surface area contributed by atoms with Crippen molar-refractivity contribution in [3.05, 3.63) is 29.8 Å². The van der Waals surface area contributed by atoms with Crippen LogP contribution in [0.5, 0.6) is 0 Å². The van der Waals surface area contributed by atoms with Crippen LogP contribution in [0.2, 0.25) is 0 Å². The van der Waals surface area contributed by atoms with Gasteiger partial charge < -0.3 is 5.32 Å². The van der Waals surface area contributed by atoms with Crippen molar-refractivity contribution in [2.45, 2.75) is 43.0 Å². The summed E-state index contributed by atoms with van der Waals surface area (Å²) in [6.07, 6.45) is 4.15. The van der Waals surface area contributed by atoms with E-state index in [0.717, 1.165) is 25.0 Å². The molecule has 0 aromatic heterocycles. The fraction of sp³-hybridized carbons (Fsp3) is 0.647. The quantitative estimate of drug-likeness (QED) is 0.895. The van der Waals surface area contributed by atoms with Crippen LogP contribution in [0, 0.1) is 0 Å². The number of rotatable bonds is 5. The Bertz CT molecular complexity index is 435. The zero-order chi connectivity index (χ0) is 13.8. The molecule has 0 amide bonds. The summed E-state index contributed by atoms with van der Waals surface area (Å²) in [7, 11) is 0. The lowest BCUT2D eigenvalue weighted by atomic mass is 9.96. The second-order valence-corrected chi connectivity index (χ2v) is 7.06. The van der Waals surface area contributed by atoms with Crippen LogP contribution in [0.25, 0.3) is 0 Å². The Morgan fingerprint density at radius 3 is 3.10 bits per heavy atom. The Morgan fingerprint density at radius 1 is 1.30 bits per heavy atom. The molecular weight excluding hydrogens is 264 g/mol. The number of piperidine rings is 1. The summed E-state index contributed by atoms with van der Waals surface area (Å²) < 4.78 is 0. The highest BCUT2D eigenvalue weighted by Crippen LogP contribution is 2.40. The Morgan fingerprint density at radius 2 is 2.20 bits per heavy atom. The van der Waals surface area contributed by atoms with Gasteiger partial charge >= 0.3 is 0 Å². The maximum absolute atomic E-state index is 3.55. The molecule has 2 aliphatic rings. The second kappa shape index (κ2) is 6.97. The molecule has 0 radical (unpaired) electrons. The van der Waals surface area contributed by atoms with E-state index in [9.17, 15) is 0 Å². The van der Waals surface area contributed by atoms with E-state index in [-0.39, 0.29) is 0 Å². The molecule has 1 aromatic carbocycles. The number of benzene rings is 1. The fourth-order valence-corrected chi connectivity index (χ4v) is 4.75. The summed E-state index contributed by atoms with van der Waals surface area (Å²) in [6, 6.07) is 9.74. The zero-order valence-electron chi connectivity index (χ0n) is 12.5. The van der Waals surface area contributed by atoms with Crippen LogP contribution in [0.15, 0.2) is 29.2 Å². The van der Waals surface area contributed by atoms with Gasteiger partial charge in [0.05, 0.1) is 0 Å². The highest BCUT2D eigenvalue weighted by molar-refractivity contribution is 7.99. The molecule has 2 heterocycles. The predicted octanol–water partition coefficient (Wildman–Crippen LogP) is 3.34. The molecule has 1 N–H and O–H groups in total. The minimum Gasteiger partial charge on any atom is -0.315 e. The number of nitrogens with one attached hydrogen (secondary N) is 1. The Kier molecular flexibility index (Phi) is 5.03. The number of thioether (sulfide) groups is 1. The smallest absolute Gasteiger partial charge is 0.0220 e. The van der Waals surface area contributed by atoms with Gasteiger partial charge in [0.15, 0.2) is 0 Å². The van der Waals surface area contributed by atoms with E-state index >= 15 is 0 Å². The first-order valence-corrected chi connectivity index (χ1v) is 9.03. The molecule has 3 heteroatoms. The summed E-state index contributed by atoms with van der Waals surface area (Å²) >= 11 is 2.04. The molecular formula is C17H26N2S. The zero-order valence-corrected chi connectivity index (χ0v) is 13.3. The van der Waals surface area contributed by atoms with E-state index < -0.39 is 0 Å². The monoisotopic (exact) mass is 290 g/mol. The lowest BCUT2D eigenvalue weighted by Gasteiger charge is -2.37. The van der Waals surface area contributed by atoms with Crippen molar-refractivity contribution in [1.82, 2.24) is 10.2 Å². The maximum Gasteiger partial charge on any atom is 0.0220 e. The molecule has 0 spiro atoms. The van der Waals surface area contributed by atoms with Crippen molar-refractivity contribution in [2.75, 3.05) is 31.9 Å². The average molecular weight is 290 g/mol. The van der Waals surface area contributed by atoms with E-state index in [4.69, 9.17) is 0 Å². The molecule has 1 fully saturated rings. The lowest BCUT2D eigenvalue weighted by molar-refractivity contribution is 0.140. The van der Waals surface area contributed by atoms with Gasteiger partial charge in [-0.05, 0) is 37.6 Å². The van der Waals surface area contributed by atoms with Gasteiger partial charge in [0, 0.05) is 35.7 Å². The Balaban J connectivity index is 1.64. The van der Waals surface area contributed by atoms with E-state index in [0.29, 0.717) is 0 Å². The Hall–Kier alpha value is -0.510. The van der Waals surface area contributed by atoms with Gasteiger partial charge in [0.2, 0.25) is 0 Å². The molecule has 1 aromatic rings. The topological polar surface area (TPSA) is 15.3 Å². The standard InChI is InChI=1S/C17H26N2S/c1-2-18-11-15-7-5-6-10-19(15)12-14-13-20-17-9-4-3-8-16(14)17/h3-4,8-9,14-15,18H,2,5-7,10-13H2,1H3. The number of hydrogen-bond donors (Lipinski definition) is 1. The SMILES string of the molecule is CCNCC1CCCCN1CC1CSc2ccccc21. The maximum atomic E-state index is 3.55. The highest BCUT2D eigenvalue weighted by atomic mass is 32.2. The first-order chi connectivity index (χ1) is 9.88. The molecule has 0 saturated carbocycles. The molecule has 0 bridgehead atoms. The normalized spacial score (nSPS) is 26.6. The highest BCUT2D eigenvalue weighted by Gasteiger charge is 2.29. The average Bonchev–Trinajstić information content (AvgIpc) is 2.90. The van der Waals surface area contributed by atoms with Crippen molar-refractivity contribution in [2.24, 2.45) is 0 Å². The van der Waals surface area contributed by atoms with Crippen LogP contribution in [-0.2, 0) is 0 Å². The third-order valence-corrected chi connectivity index (χ3v) is 5.88. The third-order valence-electron chi connectivity index (χ3n) is 4.63. The molecule has 20 heavy (non-hydrogen) atoms. The van der Waals surface area contributed by atoms with E-state index in [1.807, 2.05) is 11.8 Å². The number of nitrogens with zero attached hydrogens (tertiary/aromatic N) is 1.